The summed E-state index contributed by atoms with van der Waals surface area (Å²) in [5.74, 6) is -0.955. The van der Waals surface area contributed by atoms with Crippen molar-refractivity contribution in [3.05, 3.63) is 35.9 Å². The van der Waals surface area contributed by atoms with E-state index in [-0.39, 0.29) is 5.56 Å². The van der Waals surface area contributed by atoms with Crippen molar-refractivity contribution in [2.24, 2.45) is 0 Å². The molecule has 0 aliphatic carbocycles. The van der Waals surface area contributed by atoms with Crippen LogP contribution in [0.4, 0.5) is 26.3 Å². The third-order valence-electron chi connectivity index (χ3n) is 2.36. The lowest BCUT2D eigenvalue weighted by molar-refractivity contribution is -0.325. The number of hydrogen-bond acceptors (Lipinski definition) is 2. The van der Waals surface area contributed by atoms with Crippen molar-refractivity contribution in [1.82, 2.24) is 0 Å². The zero-order valence-electron chi connectivity index (χ0n) is 10.1. The minimum Gasteiger partial charge on any atom is -0.350 e. The molecule has 0 aliphatic heterocycles. The zero-order chi connectivity index (χ0) is 15.6. The Labute approximate surface area is 110 Å². The number of alkyl halides is 6. The summed E-state index contributed by atoms with van der Waals surface area (Å²) >= 11 is 0. The van der Waals surface area contributed by atoms with Gasteiger partial charge >= 0.3 is 12.4 Å². The lowest BCUT2D eigenvalue weighted by Gasteiger charge is -2.25. The van der Waals surface area contributed by atoms with Crippen molar-refractivity contribution >= 4 is 5.78 Å². The number of carbonyl (C=O) groups is 1. The lowest BCUT2D eigenvalue weighted by Crippen LogP contribution is -2.47. The van der Waals surface area contributed by atoms with Crippen LogP contribution in [0.25, 0.3) is 0 Å². The molecule has 0 saturated carbocycles. The van der Waals surface area contributed by atoms with Gasteiger partial charge in [-0.15, -0.1) is 0 Å². The van der Waals surface area contributed by atoms with Gasteiger partial charge in [-0.05, 0) is 6.92 Å². The summed E-state index contributed by atoms with van der Waals surface area (Å²) in [4.78, 5) is 11.7. The third kappa shape index (κ3) is 4.22. The van der Waals surface area contributed by atoms with Gasteiger partial charge in [0.25, 0.3) is 0 Å². The fourth-order valence-corrected chi connectivity index (χ4v) is 1.44. The smallest absolute Gasteiger partial charge is 0.350 e. The van der Waals surface area contributed by atoms with E-state index in [0.29, 0.717) is 0 Å². The van der Waals surface area contributed by atoms with Gasteiger partial charge in [-0.25, -0.2) is 0 Å². The highest BCUT2D eigenvalue weighted by molar-refractivity contribution is 5.99. The number of ether oxygens (including phenoxy) is 1. The Balaban J connectivity index is 2.87. The molecule has 1 atom stereocenters. The van der Waals surface area contributed by atoms with E-state index in [9.17, 15) is 31.1 Å². The quantitative estimate of drug-likeness (QED) is 0.625. The van der Waals surface area contributed by atoms with E-state index in [4.69, 9.17) is 0 Å². The number of ketones is 1. The van der Waals surface area contributed by atoms with Gasteiger partial charge in [0, 0.05) is 5.56 Å². The predicted octanol–water partition coefficient (Wildman–Crippen LogP) is 3.77. The van der Waals surface area contributed by atoms with E-state index in [1.165, 1.54) is 24.3 Å². The van der Waals surface area contributed by atoms with E-state index in [0.717, 1.165) is 6.92 Å². The molecule has 0 saturated heterocycles. The summed E-state index contributed by atoms with van der Waals surface area (Å²) in [5, 5.41) is 0. The fourth-order valence-electron chi connectivity index (χ4n) is 1.44. The Hall–Kier alpha value is -1.57. The number of benzene rings is 1. The zero-order valence-corrected chi connectivity index (χ0v) is 10.1. The first-order valence-corrected chi connectivity index (χ1v) is 5.41. The van der Waals surface area contributed by atoms with Crippen LogP contribution in [0.3, 0.4) is 0 Å². The van der Waals surface area contributed by atoms with E-state index in [1.807, 2.05) is 0 Å². The number of rotatable bonds is 4. The Morgan fingerprint density at radius 3 is 1.85 bits per heavy atom. The number of hydrogen-bond donors (Lipinski definition) is 0. The van der Waals surface area contributed by atoms with Crippen molar-refractivity contribution in [3.63, 3.8) is 0 Å². The summed E-state index contributed by atoms with van der Waals surface area (Å²) in [5.41, 5.74) is -0.0249. The lowest BCUT2D eigenvalue weighted by atomic mass is 10.1. The van der Waals surface area contributed by atoms with Crippen LogP contribution in [0.1, 0.15) is 17.3 Å². The van der Waals surface area contributed by atoms with E-state index >= 15 is 0 Å². The van der Waals surface area contributed by atoms with Crippen molar-refractivity contribution in [3.8, 4) is 0 Å². The summed E-state index contributed by atoms with van der Waals surface area (Å²) < 4.78 is 77.6. The molecule has 1 rings (SSSR count). The molecule has 2 nitrogen and oxygen atoms in total. The van der Waals surface area contributed by atoms with Gasteiger partial charge in [0.15, 0.2) is 5.78 Å². The molecule has 1 aromatic carbocycles. The average Bonchev–Trinajstić information content (AvgIpc) is 2.33. The molecular formula is C12H10F6O2. The summed E-state index contributed by atoms with van der Waals surface area (Å²) in [6.45, 7) is 0.847. The fraction of sp³-hybridized carbons (Fsp3) is 0.417. The standard InChI is InChI=1S/C12H10F6O2/c1-7(9(19)8-5-3-2-4-6-8)20-10(11(13,14)15)12(16,17)18/h2-7,10H,1H3. The highest BCUT2D eigenvalue weighted by Gasteiger charge is 2.58. The van der Waals surface area contributed by atoms with Crippen molar-refractivity contribution < 1.29 is 35.9 Å². The summed E-state index contributed by atoms with van der Waals surface area (Å²) in [6.07, 6.45) is -17.1. The van der Waals surface area contributed by atoms with Crippen LogP contribution >= 0.6 is 0 Å². The number of Topliss-reactive ketones (excluding diaryl/α,β-unsaturated/α-hetero) is 1. The first kappa shape index (κ1) is 16.5. The molecular weight excluding hydrogens is 290 g/mol. The van der Waals surface area contributed by atoms with E-state index in [1.54, 1.807) is 6.07 Å². The van der Waals surface area contributed by atoms with Crippen LogP contribution in [-0.4, -0.2) is 30.3 Å². The molecule has 0 fully saturated rings. The van der Waals surface area contributed by atoms with Crippen molar-refractivity contribution in [2.45, 2.75) is 31.5 Å². The molecule has 0 N–H and O–H groups in total. The van der Waals surface area contributed by atoms with Gasteiger partial charge in [0.2, 0.25) is 6.10 Å². The van der Waals surface area contributed by atoms with Crippen molar-refractivity contribution in [2.75, 3.05) is 0 Å². The topological polar surface area (TPSA) is 26.3 Å². The summed E-state index contributed by atoms with van der Waals surface area (Å²) in [6, 6.07) is 6.98. The second kappa shape index (κ2) is 5.82. The molecule has 112 valence electrons. The molecule has 20 heavy (non-hydrogen) atoms. The molecule has 0 amide bonds. The van der Waals surface area contributed by atoms with Gasteiger partial charge in [-0.1, -0.05) is 30.3 Å². The Kier molecular flexibility index (Phi) is 4.80. The van der Waals surface area contributed by atoms with Crippen LogP contribution in [0.2, 0.25) is 0 Å². The van der Waals surface area contributed by atoms with Crippen LogP contribution in [0.15, 0.2) is 30.3 Å². The third-order valence-corrected chi connectivity index (χ3v) is 2.36. The molecule has 1 unspecified atom stereocenters. The average molecular weight is 300 g/mol. The highest BCUT2D eigenvalue weighted by Crippen LogP contribution is 2.36. The molecule has 0 aromatic heterocycles. The van der Waals surface area contributed by atoms with Gasteiger partial charge in [0.1, 0.15) is 6.10 Å². The van der Waals surface area contributed by atoms with Gasteiger partial charge in [-0.2, -0.15) is 26.3 Å². The van der Waals surface area contributed by atoms with Crippen molar-refractivity contribution in [1.29, 1.82) is 0 Å². The first-order valence-electron chi connectivity index (χ1n) is 5.41. The van der Waals surface area contributed by atoms with Crippen LogP contribution in [0.5, 0.6) is 0 Å². The van der Waals surface area contributed by atoms with Crippen LogP contribution in [-0.2, 0) is 4.74 Å². The maximum atomic E-state index is 12.3. The van der Waals surface area contributed by atoms with Gasteiger partial charge < -0.3 is 4.74 Å². The number of halogens is 6. The number of carbonyl (C=O) groups excluding carboxylic acids is 1. The molecule has 8 heteroatoms. The van der Waals surface area contributed by atoms with Gasteiger partial charge in [0.05, 0.1) is 0 Å². The molecule has 1 aromatic rings. The molecule has 0 aliphatic rings. The Morgan fingerprint density at radius 2 is 1.45 bits per heavy atom. The normalized spacial score (nSPS) is 14.4. The second-order valence-corrected chi connectivity index (χ2v) is 3.97. The first-order chi connectivity index (χ1) is 9.03. The van der Waals surface area contributed by atoms with Crippen LogP contribution in [0, 0.1) is 0 Å². The maximum absolute atomic E-state index is 12.3. The van der Waals surface area contributed by atoms with E-state index < -0.39 is 30.3 Å². The molecule has 0 heterocycles. The molecule has 0 spiro atoms. The molecule has 0 bridgehead atoms. The highest BCUT2D eigenvalue weighted by atomic mass is 19.4. The second-order valence-electron chi connectivity index (χ2n) is 3.97. The van der Waals surface area contributed by atoms with E-state index in [2.05, 4.69) is 4.74 Å². The monoisotopic (exact) mass is 300 g/mol. The Bertz CT molecular complexity index is 437. The SMILES string of the molecule is CC(OC(C(F)(F)F)C(F)(F)F)C(=O)c1ccccc1. The predicted molar refractivity (Wildman–Crippen MR) is 57.2 cm³/mol. The summed E-state index contributed by atoms with van der Waals surface area (Å²) in [7, 11) is 0. The van der Waals surface area contributed by atoms with Gasteiger partial charge in [-0.3, -0.25) is 4.79 Å². The largest absolute Gasteiger partial charge is 0.423 e. The maximum Gasteiger partial charge on any atom is 0.423 e. The van der Waals surface area contributed by atoms with Crippen LogP contribution < -0.4 is 0 Å². The minimum absolute atomic E-state index is 0.0249. The Morgan fingerprint density at radius 1 is 1.00 bits per heavy atom. The molecule has 0 radical (unpaired) electrons. The minimum atomic E-state index is -5.64.